The minimum Gasteiger partial charge on any atom is -0.336 e. The van der Waals surface area contributed by atoms with Crippen LogP contribution in [0.5, 0.6) is 0 Å². The smallest absolute Gasteiger partial charge is 0.166 e. The summed E-state index contributed by atoms with van der Waals surface area (Å²) in [5.41, 5.74) is 5.75. The van der Waals surface area contributed by atoms with Crippen molar-refractivity contribution in [2.75, 3.05) is 0 Å². The van der Waals surface area contributed by atoms with Gasteiger partial charge in [0.15, 0.2) is 11.6 Å². The van der Waals surface area contributed by atoms with E-state index in [9.17, 15) is 4.39 Å². The van der Waals surface area contributed by atoms with Crippen LogP contribution in [0.3, 0.4) is 0 Å². The van der Waals surface area contributed by atoms with Crippen molar-refractivity contribution in [1.29, 1.82) is 0 Å². The molecule has 5 heterocycles. The largest absolute Gasteiger partial charge is 0.336 e. The van der Waals surface area contributed by atoms with Crippen molar-refractivity contribution in [1.82, 2.24) is 39.7 Å². The van der Waals surface area contributed by atoms with Crippen LogP contribution in [0.4, 0.5) is 4.39 Å². The zero-order valence-electron chi connectivity index (χ0n) is 17.3. The minimum atomic E-state index is -0.338. The van der Waals surface area contributed by atoms with Crippen molar-refractivity contribution in [2.24, 2.45) is 0 Å². The molecule has 156 valence electrons. The highest BCUT2D eigenvalue weighted by molar-refractivity contribution is 5.96. The van der Waals surface area contributed by atoms with Gasteiger partial charge in [-0.05, 0) is 37.6 Å². The van der Waals surface area contributed by atoms with Gasteiger partial charge in [0.05, 0.1) is 16.7 Å². The predicted octanol–water partition coefficient (Wildman–Crippen LogP) is 4.50. The van der Waals surface area contributed by atoms with Crippen LogP contribution in [0.2, 0.25) is 0 Å². The van der Waals surface area contributed by atoms with E-state index in [1.165, 1.54) is 6.07 Å². The Bertz CT molecular complexity index is 1620. The second kappa shape index (κ2) is 6.81. The van der Waals surface area contributed by atoms with Crippen molar-refractivity contribution < 1.29 is 4.39 Å². The molecule has 0 saturated heterocycles. The molecule has 2 N–H and O–H groups in total. The topological polar surface area (TPSA) is 101 Å². The van der Waals surface area contributed by atoms with Crippen LogP contribution in [0, 0.1) is 19.7 Å². The lowest BCUT2D eigenvalue weighted by atomic mass is 10.0. The number of hydrogen-bond donors (Lipinski definition) is 2. The predicted molar refractivity (Wildman–Crippen MR) is 119 cm³/mol. The van der Waals surface area contributed by atoms with Gasteiger partial charge in [0.25, 0.3) is 0 Å². The van der Waals surface area contributed by atoms with Gasteiger partial charge in [0, 0.05) is 47.4 Å². The molecule has 8 nitrogen and oxygen atoms in total. The molecule has 32 heavy (non-hydrogen) atoms. The first-order chi connectivity index (χ1) is 15.6. The van der Waals surface area contributed by atoms with Gasteiger partial charge in [-0.15, -0.1) is 0 Å². The molecule has 0 saturated carbocycles. The Kier molecular flexibility index (Phi) is 3.91. The van der Waals surface area contributed by atoms with Crippen LogP contribution in [0.1, 0.15) is 11.3 Å². The molecule has 6 aromatic rings. The standard InChI is InChI=1S/C23H17FN8/c1-12-3-5-25-9-16(12)14-7-15-19(8-17(14)24)30-31-20(15)22-28-18-4-6-26-23(21(18)29-22)32-10-13(2)27-11-32/h3-11H,1-2H3,(H,28,29)(H,30,31). The second-order valence-electron chi connectivity index (χ2n) is 7.68. The van der Waals surface area contributed by atoms with Gasteiger partial charge < -0.3 is 4.98 Å². The SMILES string of the molecule is Cc1cn(-c2nccc3[nH]c(-c4n[nH]c5cc(F)c(-c6cnccc6C)cc45)nc23)cn1. The fourth-order valence-electron chi connectivity index (χ4n) is 3.93. The van der Waals surface area contributed by atoms with Crippen LogP contribution in [0.25, 0.3) is 50.4 Å². The molecule has 0 radical (unpaired) electrons. The molecular weight excluding hydrogens is 407 g/mol. The van der Waals surface area contributed by atoms with E-state index < -0.39 is 0 Å². The molecule has 0 aliphatic carbocycles. The minimum absolute atomic E-state index is 0.338. The molecular formula is C23H17FN8. The molecule has 5 aromatic heterocycles. The number of hydrogen-bond acceptors (Lipinski definition) is 5. The number of aromatic amines is 2. The van der Waals surface area contributed by atoms with E-state index >= 15 is 0 Å². The fourth-order valence-corrected chi connectivity index (χ4v) is 3.93. The molecule has 1 aromatic carbocycles. The molecule has 9 heteroatoms. The van der Waals surface area contributed by atoms with E-state index in [1.54, 1.807) is 31.0 Å². The summed E-state index contributed by atoms with van der Waals surface area (Å²) in [6.45, 7) is 3.85. The second-order valence-corrected chi connectivity index (χ2v) is 7.68. The average molecular weight is 424 g/mol. The third-order valence-electron chi connectivity index (χ3n) is 5.54. The molecule has 0 aliphatic heterocycles. The lowest BCUT2D eigenvalue weighted by Crippen LogP contribution is -1.95. The van der Waals surface area contributed by atoms with Gasteiger partial charge in [0.2, 0.25) is 0 Å². The van der Waals surface area contributed by atoms with E-state index in [2.05, 4.69) is 30.1 Å². The Hall–Kier alpha value is -4.40. The Labute approximate surface area is 181 Å². The van der Waals surface area contributed by atoms with Crippen molar-refractivity contribution in [3.8, 4) is 28.5 Å². The van der Waals surface area contributed by atoms with Crippen LogP contribution in [-0.2, 0) is 0 Å². The number of benzene rings is 1. The van der Waals surface area contributed by atoms with E-state index in [1.807, 2.05) is 36.7 Å². The van der Waals surface area contributed by atoms with E-state index in [0.29, 0.717) is 33.9 Å². The summed E-state index contributed by atoms with van der Waals surface area (Å²) >= 11 is 0. The summed E-state index contributed by atoms with van der Waals surface area (Å²) in [6.07, 6.45) is 8.69. The van der Waals surface area contributed by atoms with Crippen LogP contribution in [-0.4, -0.2) is 39.7 Å². The fraction of sp³-hybridized carbons (Fsp3) is 0.0870. The summed E-state index contributed by atoms with van der Waals surface area (Å²) in [5.74, 6) is 0.899. The zero-order chi connectivity index (χ0) is 21.8. The van der Waals surface area contributed by atoms with E-state index in [4.69, 9.17) is 4.98 Å². The Morgan fingerprint density at radius 3 is 2.72 bits per heavy atom. The summed E-state index contributed by atoms with van der Waals surface area (Å²) in [4.78, 5) is 21.0. The average Bonchev–Trinajstić information content (AvgIpc) is 3.50. The van der Waals surface area contributed by atoms with Gasteiger partial charge in [0.1, 0.15) is 23.4 Å². The highest BCUT2D eigenvalue weighted by atomic mass is 19.1. The maximum Gasteiger partial charge on any atom is 0.166 e. The van der Waals surface area contributed by atoms with Crippen molar-refractivity contribution in [3.63, 3.8) is 0 Å². The molecule has 6 rings (SSSR count). The van der Waals surface area contributed by atoms with Crippen LogP contribution >= 0.6 is 0 Å². The van der Waals surface area contributed by atoms with Gasteiger partial charge in [-0.2, -0.15) is 5.10 Å². The summed E-state index contributed by atoms with van der Waals surface area (Å²) in [7, 11) is 0. The molecule has 0 amide bonds. The molecule has 0 aliphatic rings. The van der Waals surface area contributed by atoms with E-state index in [-0.39, 0.29) is 5.82 Å². The van der Waals surface area contributed by atoms with Crippen LogP contribution < -0.4 is 0 Å². The summed E-state index contributed by atoms with van der Waals surface area (Å²) in [6, 6.07) is 6.97. The quantitative estimate of drug-likeness (QED) is 0.435. The first-order valence-electron chi connectivity index (χ1n) is 10.0. The number of H-pyrrole nitrogens is 2. The molecule has 0 bridgehead atoms. The molecule has 0 unspecified atom stereocenters. The Morgan fingerprint density at radius 1 is 1.00 bits per heavy atom. The van der Waals surface area contributed by atoms with Gasteiger partial charge >= 0.3 is 0 Å². The number of rotatable bonds is 3. The first kappa shape index (κ1) is 18.4. The maximum atomic E-state index is 14.9. The monoisotopic (exact) mass is 424 g/mol. The number of halogens is 1. The Morgan fingerprint density at radius 2 is 1.91 bits per heavy atom. The molecule has 0 atom stereocenters. The maximum absolute atomic E-state index is 14.9. The number of pyridine rings is 2. The Balaban J connectivity index is 1.54. The van der Waals surface area contributed by atoms with E-state index in [0.717, 1.165) is 27.7 Å². The number of fused-ring (bicyclic) bond motifs is 2. The number of aromatic nitrogens is 8. The first-order valence-corrected chi connectivity index (χ1v) is 10.0. The normalized spacial score (nSPS) is 11.6. The number of aryl methyl sites for hydroxylation is 2. The summed E-state index contributed by atoms with van der Waals surface area (Å²) < 4.78 is 16.7. The highest BCUT2D eigenvalue weighted by Gasteiger charge is 2.18. The lowest BCUT2D eigenvalue weighted by Gasteiger charge is -2.07. The molecule has 0 spiro atoms. The number of nitrogens with zero attached hydrogens (tertiary/aromatic N) is 6. The summed E-state index contributed by atoms with van der Waals surface area (Å²) in [5, 5.41) is 8.10. The number of nitrogens with one attached hydrogen (secondary N) is 2. The zero-order valence-corrected chi connectivity index (χ0v) is 17.3. The van der Waals surface area contributed by atoms with Crippen molar-refractivity contribution in [2.45, 2.75) is 13.8 Å². The third kappa shape index (κ3) is 2.78. The van der Waals surface area contributed by atoms with Crippen molar-refractivity contribution >= 4 is 21.9 Å². The van der Waals surface area contributed by atoms with Crippen LogP contribution in [0.15, 0.2) is 55.4 Å². The van der Waals surface area contributed by atoms with Crippen molar-refractivity contribution in [3.05, 3.63) is 72.5 Å². The van der Waals surface area contributed by atoms with Gasteiger partial charge in [-0.25, -0.2) is 19.3 Å². The van der Waals surface area contributed by atoms with Gasteiger partial charge in [-0.1, -0.05) is 0 Å². The molecule has 0 fully saturated rings. The number of imidazole rings is 2. The third-order valence-corrected chi connectivity index (χ3v) is 5.54. The highest BCUT2D eigenvalue weighted by Crippen LogP contribution is 2.33. The lowest BCUT2D eigenvalue weighted by molar-refractivity contribution is 0.632. The van der Waals surface area contributed by atoms with Gasteiger partial charge in [-0.3, -0.25) is 14.6 Å².